The average Bonchev–Trinajstić information content (AvgIpc) is 2.64. The van der Waals surface area contributed by atoms with Crippen LogP contribution in [0.5, 0.6) is 0 Å². The fourth-order valence-corrected chi connectivity index (χ4v) is 2.62. The Hall–Kier alpha value is -3.54. The van der Waals surface area contributed by atoms with Gasteiger partial charge in [-0.05, 0) is 49.2 Å². The second-order valence-corrected chi connectivity index (χ2v) is 6.00. The molecule has 0 bridgehead atoms. The maximum absolute atomic E-state index is 4.55. The van der Waals surface area contributed by atoms with E-state index in [9.17, 15) is 0 Å². The van der Waals surface area contributed by atoms with E-state index < -0.39 is 0 Å². The smallest absolute Gasteiger partial charge is 0.184 e. The van der Waals surface area contributed by atoms with Crippen LogP contribution >= 0.6 is 0 Å². The molecular formula is C20H16N6. The van der Waals surface area contributed by atoms with Crippen LogP contribution in [-0.2, 0) is 0 Å². The van der Waals surface area contributed by atoms with Crippen molar-refractivity contribution in [1.82, 2.24) is 9.97 Å². The second-order valence-electron chi connectivity index (χ2n) is 6.00. The molecule has 4 rings (SSSR count). The highest BCUT2D eigenvalue weighted by Gasteiger charge is 2.19. The number of hydrogen-bond acceptors (Lipinski definition) is 4. The molecule has 2 aromatic heterocycles. The van der Waals surface area contributed by atoms with E-state index in [1.165, 1.54) is 0 Å². The fraction of sp³-hybridized carbons (Fsp3) is 0.100. The van der Waals surface area contributed by atoms with Gasteiger partial charge in [0.15, 0.2) is 23.3 Å². The third kappa shape index (κ3) is 3.30. The number of hydrogen-bond donors (Lipinski definition) is 0. The molecule has 26 heavy (non-hydrogen) atoms. The molecule has 0 spiro atoms. The lowest BCUT2D eigenvalue weighted by Gasteiger charge is -2.12. The third-order valence-electron chi connectivity index (χ3n) is 3.89. The zero-order chi connectivity index (χ0) is 17.9. The summed E-state index contributed by atoms with van der Waals surface area (Å²) >= 11 is 0. The highest BCUT2D eigenvalue weighted by Crippen LogP contribution is 2.23. The molecule has 0 atom stereocenters. The standard InChI is InChI=1S/C20H16N6/c1-13-7-9-21-17(11-13)23-19-15-5-3-4-6-16(15)20(26-25-19)24-18-12-14(2)8-10-22-18/h3-12H,1-2H3. The van der Waals surface area contributed by atoms with E-state index >= 15 is 0 Å². The molecule has 0 aliphatic carbocycles. The van der Waals surface area contributed by atoms with Crippen LogP contribution in [0.4, 0.5) is 11.6 Å². The van der Waals surface area contributed by atoms with Crippen molar-refractivity contribution in [3.05, 3.63) is 83.2 Å². The first kappa shape index (κ1) is 16.0. The Balaban J connectivity index is 1.79. The summed E-state index contributed by atoms with van der Waals surface area (Å²) in [5, 5.41) is 8.54. The van der Waals surface area contributed by atoms with Crippen LogP contribution in [0.15, 0.2) is 81.1 Å². The number of aromatic nitrogens is 2. The van der Waals surface area contributed by atoms with Gasteiger partial charge in [-0.25, -0.2) is 20.0 Å². The van der Waals surface area contributed by atoms with Crippen LogP contribution in [-0.4, -0.2) is 21.6 Å². The summed E-state index contributed by atoms with van der Waals surface area (Å²) in [6.45, 7) is 4.00. The first-order chi connectivity index (χ1) is 12.7. The van der Waals surface area contributed by atoms with Gasteiger partial charge < -0.3 is 0 Å². The topological polar surface area (TPSA) is 75.2 Å². The minimum absolute atomic E-state index is 0.523. The highest BCUT2D eigenvalue weighted by atomic mass is 15.2. The maximum atomic E-state index is 4.55. The van der Waals surface area contributed by atoms with Gasteiger partial charge in [-0.1, -0.05) is 24.3 Å². The van der Waals surface area contributed by atoms with Gasteiger partial charge in [0.2, 0.25) is 0 Å². The van der Waals surface area contributed by atoms with Gasteiger partial charge in [-0.15, -0.1) is 10.2 Å². The van der Waals surface area contributed by atoms with Gasteiger partial charge in [0.1, 0.15) is 0 Å². The number of azo groups is 1. The number of rotatable bonds is 2. The number of nitrogens with zero attached hydrogens (tertiary/aromatic N) is 6. The number of fused-ring (bicyclic) bond motifs is 1. The molecule has 0 fully saturated rings. The summed E-state index contributed by atoms with van der Waals surface area (Å²) in [7, 11) is 0. The van der Waals surface area contributed by atoms with Crippen LogP contribution in [0.2, 0.25) is 0 Å². The van der Waals surface area contributed by atoms with Gasteiger partial charge in [0.05, 0.1) is 0 Å². The minimum atomic E-state index is 0.523. The summed E-state index contributed by atoms with van der Waals surface area (Å²) in [4.78, 5) is 17.6. The molecule has 0 N–H and O–H groups in total. The summed E-state index contributed by atoms with van der Waals surface area (Å²) in [5.41, 5.74) is 3.93. The molecule has 1 aliphatic rings. The SMILES string of the molecule is Cc1ccnc(N=C2N=NC(=Nc3cc(C)ccn3)c3ccccc32)c1. The molecular weight excluding hydrogens is 324 g/mol. The Kier molecular flexibility index (Phi) is 4.15. The van der Waals surface area contributed by atoms with Crippen molar-refractivity contribution in [1.29, 1.82) is 0 Å². The molecule has 0 saturated carbocycles. The molecule has 1 aliphatic heterocycles. The van der Waals surface area contributed by atoms with E-state index in [-0.39, 0.29) is 0 Å². The average molecular weight is 340 g/mol. The molecule has 1 aromatic carbocycles. The predicted octanol–water partition coefficient (Wildman–Crippen LogP) is 4.72. The van der Waals surface area contributed by atoms with E-state index in [0.717, 1.165) is 22.3 Å². The van der Waals surface area contributed by atoms with Crippen LogP contribution in [0.3, 0.4) is 0 Å². The van der Waals surface area contributed by atoms with E-state index in [0.29, 0.717) is 23.3 Å². The van der Waals surface area contributed by atoms with E-state index in [2.05, 4.69) is 30.2 Å². The van der Waals surface area contributed by atoms with E-state index in [1.807, 2.05) is 62.4 Å². The summed E-state index contributed by atoms with van der Waals surface area (Å²) in [6.07, 6.45) is 3.47. The van der Waals surface area contributed by atoms with Crippen molar-refractivity contribution in [2.45, 2.75) is 13.8 Å². The van der Waals surface area contributed by atoms with Crippen LogP contribution in [0.25, 0.3) is 0 Å². The molecule has 3 aromatic rings. The molecule has 0 unspecified atom stereocenters. The van der Waals surface area contributed by atoms with Crippen LogP contribution in [0.1, 0.15) is 22.3 Å². The number of aryl methyl sites for hydroxylation is 2. The monoisotopic (exact) mass is 340 g/mol. The quantitative estimate of drug-likeness (QED) is 0.677. The Bertz CT molecular complexity index is 981. The summed E-state index contributed by atoms with van der Waals surface area (Å²) in [6, 6.07) is 15.5. The Labute approximate surface area is 151 Å². The molecule has 0 saturated heterocycles. The van der Waals surface area contributed by atoms with Crippen molar-refractivity contribution < 1.29 is 0 Å². The van der Waals surface area contributed by atoms with E-state index in [1.54, 1.807) is 12.4 Å². The van der Waals surface area contributed by atoms with Gasteiger partial charge in [0.25, 0.3) is 0 Å². The minimum Gasteiger partial charge on any atom is -0.237 e. The zero-order valence-corrected chi connectivity index (χ0v) is 14.5. The summed E-state index contributed by atoms with van der Waals surface area (Å²) in [5.74, 6) is 2.26. The van der Waals surface area contributed by atoms with Crippen molar-refractivity contribution in [2.75, 3.05) is 0 Å². The van der Waals surface area contributed by atoms with Crippen molar-refractivity contribution >= 4 is 23.3 Å². The van der Waals surface area contributed by atoms with Crippen LogP contribution < -0.4 is 0 Å². The van der Waals surface area contributed by atoms with Gasteiger partial charge in [-0.2, -0.15) is 0 Å². The van der Waals surface area contributed by atoms with Crippen molar-refractivity contribution in [2.24, 2.45) is 20.2 Å². The molecule has 6 heteroatoms. The first-order valence-electron chi connectivity index (χ1n) is 8.23. The Morgan fingerprint density at radius 1 is 0.654 bits per heavy atom. The largest absolute Gasteiger partial charge is 0.237 e. The third-order valence-corrected chi connectivity index (χ3v) is 3.89. The first-order valence-corrected chi connectivity index (χ1v) is 8.23. The molecule has 3 heterocycles. The van der Waals surface area contributed by atoms with E-state index in [4.69, 9.17) is 0 Å². The number of benzene rings is 1. The van der Waals surface area contributed by atoms with Crippen molar-refractivity contribution in [3.63, 3.8) is 0 Å². The van der Waals surface area contributed by atoms with Gasteiger partial charge >= 0.3 is 0 Å². The number of pyridine rings is 2. The molecule has 0 radical (unpaired) electrons. The molecule has 0 amide bonds. The number of aliphatic imine (C=N–C) groups is 2. The Morgan fingerprint density at radius 2 is 1.12 bits per heavy atom. The predicted molar refractivity (Wildman–Crippen MR) is 102 cm³/mol. The Morgan fingerprint density at radius 3 is 1.54 bits per heavy atom. The molecule has 126 valence electrons. The maximum Gasteiger partial charge on any atom is 0.184 e. The highest BCUT2D eigenvalue weighted by molar-refractivity contribution is 6.15. The summed E-state index contributed by atoms with van der Waals surface area (Å²) < 4.78 is 0. The van der Waals surface area contributed by atoms with Crippen molar-refractivity contribution in [3.8, 4) is 0 Å². The van der Waals surface area contributed by atoms with Gasteiger partial charge in [0, 0.05) is 23.5 Å². The zero-order valence-electron chi connectivity index (χ0n) is 14.5. The van der Waals surface area contributed by atoms with Crippen LogP contribution in [0, 0.1) is 13.8 Å². The lowest BCUT2D eigenvalue weighted by atomic mass is 10.0. The lowest BCUT2D eigenvalue weighted by molar-refractivity contribution is 1.19. The lowest BCUT2D eigenvalue weighted by Crippen LogP contribution is -2.12. The van der Waals surface area contributed by atoms with Gasteiger partial charge in [-0.3, -0.25) is 0 Å². The fourth-order valence-electron chi connectivity index (χ4n) is 2.62. The number of amidine groups is 2. The molecule has 6 nitrogen and oxygen atoms in total. The second kappa shape index (κ2) is 6.76. The normalized spacial score (nSPS) is 16.1.